The van der Waals surface area contributed by atoms with Crippen LogP contribution in [0.5, 0.6) is 5.75 Å². The number of piperidine rings is 2. The molecule has 1 saturated carbocycles. The van der Waals surface area contributed by atoms with Gasteiger partial charge in [-0.25, -0.2) is 4.39 Å². The van der Waals surface area contributed by atoms with Gasteiger partial charge in [0.1, 0.15) is 12.4 Å². The number of alkyl halides is 4. The normalized spacial score (nSPS) is 28.2. The molecule has 1 amide bonds. The zero-order chi connectivity index (χ0) is 26.3. The molecule has 0 aromatic heterocycles. The third-order valence-electron chi connectivity index (χ3n) is 8.46. The molecule has 2 aromatic rings. The van der Waals surface area contributed by atoms with Crippen LogP contribution < -0.4 is 4.74 Å². The summed E-state index contributed by atoms with van der Waals surface area (Å²) in [5, 5.41) is 10.8. The van der Waals surface area contributed by atoms with Gasteiger partial charge in [-0.3, -0.25) is 9.59 Å². The number of carboxylic acid groups (broad SMARTS) is 1. The predicted octanol–water partition coefficient (Wildman–Crippen LogP) is 6.67. The summed E-state index contributed by atoms with van der Waals surface area (Å²) < 4.78 is 59.3. The van der Waals surface area contributed by atoms with Gasteiger partial charge in [0.05, 0.1) is 17.9 Å². The van der Waals surface area contributed by atoms with Crippen LogP contribution in [0.25, 0.3) is 10.8 Å². The summed E-state index contributed by atoms with van der Waals surface area (Å²) in [5.74, 6) is -2.46. The average molecular weight is 522 g/mol. The monoisotopic (exact) mass is 521 g/mol. The van der Waals surface area contributed by atoms with E-state index in [0.29, 0.717) is 29.5 Å². The number of carboxylic acids is 1. The molecule has 2 unspecified atom stereocenters. The quantitative estimate of drug-likeness (QED) is 0.447. The van der Waals surface area contributed by atoms with Gasteiger partial charge in [0.2, 0.25) is 0 Å². The van der Waals surface area contributed by atoms with Gasteiger partial charge >= 0.3 is 12.1 Å². The first-order chi connectivity index (χ1) is 17.7. The molecule has 1 N–H and O–H groups in total. The SMILES string of the molecule is O=C(O)C1CC2CCCC(C1)N2C(=O)c1ccc2ccc(O[C@H]3CC[C@@H](C(F)(F)F)CC3)c(CF)c2c1. The summed E-state index contributed by atoms with van der Waals surface area (Å²) in [6.07, 6.45) is -0.760. The highest BCUT2D eigenvalue weighted by Gasteiger charge is 2.44. The highest BCUT2D eigenvalue weighted by Crippen LogP contribution is 2.41. The number of amides is 1. The molecule has 2 atom stereocenters. The molecule has 5 nitrogen and oxygen atoms in total. The van der Waals surface area contributed by atoms with E-state index in [4.69, 9.17) is 4.74 Å². The van der Waals surface area contributed by atoms with E-state index < -0.39 is 36.8 Å². The molecule has 3 aliphatic rings. The number of rotatable bonds is 5. The summed E-state index contributed by atoms with van der Waals surface area (Å²) in [5.41, 5.74) is 0.700. The van der Waals surface area contributed by atoms with Crippen LogP contribution in [0.4, 0.5) is 17.6 Å². The topological polar surface area (TPSA) is 66.8 Å². The van der Waals surface area contributed by atoms with Crippen molar-refractivity contribution in [2.45, 2.75) is 88.8 Å². The smallest absolute Gasteiger partial charge is 0.391 e. The van der Waals surface area contributed by atoms with Gasteiger partial charge in [-0.15, -0.1) is 0 Å². The van der Waals surface area contributed by atoms with Crippen molar-refractivity contribution in [1.29, 1.82) is 0 Å². The minimum Gasteiger partial charge on any atom is -0.490 e. The number of carbonyl (C=O) groups is 2. The van der Waals surface area contributed by atoms with Crippen LogP contribution in [0.2, 0.25) is 0 Å². The van der Waals surface area contributed by atoms with Crippen molar-refractivity contribution in [3.8, 4) is 5.75 Å². The maximum Gasteiger partial charge on any atom is 0.391 e. The number of ether oxygens (including phenoxy) is 1. The number of hydrogen-bond acceptors (Lipinski definition) is 3. The summed E-state index contributed by atoms with van der Waals surface area (Å²) in [7, 11) is 0. The van der Waals surface area contributed by atoms with Crippen LogP contribution in [-0.4, -0.2) is 46.2 Å². The van der Waals surface area contributed by atoms with Crippen molar-refractivity contribution in [2.24, 2.45) is 11.8 Å². The molecular weight excluding hydrogens is 490 g/mol. The number of benzene rings is 2. The van der Waals surface area contributed by atoms with Crippen molar-refractivity contribution in [3.05, 3.63) is 41.5 Å². The van der Waals surface area contributed by atoms with Crippen LogP contribution in [-0.2, 0) is 11.5 Å². The summed E-state index contributed by atoms with van der Waals surface area (Å²) >= 11 is 0. The van der Waals surface area contributed by atoms with E-state index in [-0.39, 0.29) is 49.2 Å². The minimum atomic E-state index is -4.21. The molecule has 2 saturated heterocycles. The van der Waals surface area contributed by atoms with Crippen LogP contribution >= 0.6 is 0 Å². The number of nitrogens with zero attached hydrogens (tertiary/aromatic N) is 1. The van der Waals surface area contributed by atoms with E-state index in [1.54, 1.807) is 30.3 Å². The van der Waals surface area contributed by atoms with Gasteiger partial charge in [-0.2, -0.15) is 13.2 Å². The average Bonchev–Trinajstić information content (AvgIpc) is 2.86. The molecule has 2 aromatic carbocycles. The van der Waals surface area contributed by atoms with E-state index in [1.165, 1.54) is 0 Å². The second-order valence-electron chi connectivity index (χ2n) is 10.7. The van der Waals surface area contributed by atoms with Crippen LogP contribution in [0.3, 0.4) is 0 Å². The molecule has 0 radical (unpaired) electrons. The Hall–Kier alpha value is -2.84. The fourth-order valence-electron chi connectivity index (χ4n) is 6.49. The summed E-state index contributed by atoms with van der Waals surface area (Å²) in [4.78, 5) is 27.0. The van der Waals surface area contributed by atoms with Crippen molar-refractivity contribution < 1.29 is 37.0 Å². The fourth-order valence-corrected chi connectivity index (χ4v) is 6.49. The molecule has 9 heteroatoms. The number of carbonyl (C=O) groups excluding carboxylic acids is 1. The molecule has 2 aliphatic heterocycles. The Labute approximate surface area is 212 Å². The number of fused-ring (bicyclic) bond motifs is 3. The van der Waals surface area contributed by atoms with Crippen LogP contribution in [0.15, 0.2) is 30.3 Å². The standard InChI is InChI=1S/C28H31F4NO4/c29-15-24-23-14-17(26(34)33-20-2-1-3-21(33)13-18(12-20)27(35)36)5-4-16(23)6-11-25(24)37-22-9-7-19(8-10-22)28(30,31)32/h4-6,11,14,18-22H,1-3,7-10,12-13,15H2,(H,35,36)/t18?,19-,20?,21?,22+. The predicted molar refractivity (Wildman–Crippen MR) is 129 cm³/mol. The molecule has 200 valence electrons. The Bertz CT molecular complexity index is 1160. The molecule has 2 bridgehead atoms. The summed E-state index contributed by atoms with van der Waals surface area (Å²) in [6.45, 7) is -0.836. The highest BCUT2D eigenvalue weighted by molar-refractivity contribution is 6.00. The maximum absolute atomic E-state index is 14.3. The lowest BCUT2D eigenvalue weighted by molar-refractivity contribution is -0.185. The van der Waals surface area contributed by atoms with Gasteiger partial charge in [-0.1, -0.05) is 12.1 Å². The Morgan fingerprint density at radius 3 is 2.22 bits per heavy atom. The first kappa shape index (κ1) is 25.8. The lowest BCUT2D eigenvalue weighted by Gasteiger charge is -2.48. The second-order valence-corrected chi connectivity index (χ2v) is 10.7. The van der Waals surface area contributed by atoms with Gasteiger partial charge in [0.25, 0.3) is 5.91 Å². The first-order valence-electron chi connectivity index (χ1n) is 13.1. The number of halogens is 4. The Kier molecular flexibility index (Phi) is 7.07. The third kappa shape index (κ3) is 5.14. The zero-order valence-corrected chi connectivity index (χ0v) is 20.5. The molecular formula is C28H31F4NO4. The van der Waals surface area contributed by atoms with E-state index >= 15 is 0 Å². The van der Waals surface area contributed by atoms with E-state index in [2.05, 4.69) is 0 Å². The van der Waals surface area contributed by atoms with Crippen molar-refractivity contribution in [1.82, 2.24) is 4.90 Å². The molecule has 3 fully saturated rings. The third-order valence-corrected chi connectivity index (χ3v) is 8.46. The van der Waals surface area contributed by atoms with Crippen molar-refractivity contribution >= 4 is 22.6 Å². The minimum absolute atomic E-state index is 0.00768. The van der Waals surface area contributed by atoms with E-state index in [1.807, 2.05) is 4.90 Å². The summed E-state index contributed by atoms with van der Waals surface area (Å²) in [6, 6.07) is 8.31. The first-order valence-corrected chi connectivity index (χ1v) is 13.1. The van der Waals surface area contributed by atoms with Gasteiger partial charge in [0.15, 0.2) is 0 Å². The van der Waals surface area contributed by atoms with Crippen LogP contribution in [0.1, 0.15) is 73.7 Å². The second kappa shape index (κ2) is 10.1. The van der Waals surface area contributed by atoms with Crippen molar-refractivity contribution in [2.75, 3.05) is 0 Å². The lowest BCUT2D eigenvalue weighted by atomic mass is 9.78. The maximum atomic E-state index is 14.3. The van der Waals surface area contributed by atoms with E-state index in [9.17, 15) is 32.3 Å². The Morgan fingerprint density at radius 2 is 1.62 bits per heavy atom. The van der Waals surface area contributed by atoms with Gasteiger partial charge in [0, 0.05) is 23.2 Å². The molecule has 37 heavy (non-hydrogen) atoms. The largest absolute Gasteiger partial charge is 0.490 e. The Morgan fingerprint density at radius 1 is 0.973 bits per heavy atom. The van der Waals surface area contributed by atoms with Gasteiger partial charge < -0.3 is 14.7 Å². The molecule has 1 aliphatic carbocycles. The lowest BCUT2D eigenvalue weighted by Crippen LogP contribution is -2.55. The van der Waals surface area contributed by atoms with Crippen LogP contribution in [0, 0.1) is 11.8 Å². The molecule has 5 rings (SSSR count). The Balaban J connectivity index is 1.38. The highest BCUT2D eigenvalue weighted by atomic mass is 19.4. The molecule has 0 spiro atoms. The number of aliphatic carboxylic acids is 1. The van der Waals surface area contributed by atoms with E-state index in [0.717, 1.165) is 24.6 Å². The fraction of sp³-hybridized carbons (Fsp3) is 0.571. The molecule has 2 heterocycles. The van der Waals surface area contributed by atoms with Gasteiger partial charge in [-0.05, 0) is 86.8 Å². The van der Waals surface area contributed by atoms with Crippen molar-refractivity contribution in [3.63, 3.8) is 0 Å². The number of hydrogen-bond donors (Lipinski definition) is 1. The zero-order valence-electron chi connectivity index (χ0n) is 20.5.